The third-order valence-corrected chi connectivity index (χ3v) is 1.42. The van der Waals surface area contributed by atoms with Gasteiger partial charge in [0.05, 0.1) is 6.61 Å². The lowest BCUT2D eigenvalue weighted by molar-refractivity contribution is 0.305. The molecule has 0 unspecified atom stereocenters. The Balaban J connectivity index is 2.85. The predicted molar refractivity (Wildman–Crippen MR) is 47.5 cm³/mol. The number of pyridine rings is 1. The van der Waals surface area contributed by atoms with Crippen LogP contribution in [0.1, 0.15) is 17.7 Å². The molecule has 0 saturated heterocycles. The van der Waals surface area contributed by atoms with Gasteiger partial charge in [0.2, 0.25) is 0 Å². The van der Waals surface area contributed by atoms with Gasteiger partial charge in [-0.15, -0.1) is 0 Å². The van der Waals surface area contributed by atoms with Gasteiger partial charge in [-0.3, -0.25) is 0 Å². The van der Waals surface area contributed by atoms with Gasteiger partial charge >= 0.3 is 0 Å². The molecule has 2 nitrogen and oxygen atoms in total. The number of aryl methyl sites for hydroxylation is 1. The quantitative estimate of drug-likeness (QED) is 0.658. The van der Waals surface area contributed by atoms with Crippen molar-refractivity contribution in [3.05, 3.63) is 29.3 Å². The van der Waals surface area contributed by atoms with Crippen LogP contribution in [0.2, 0.25) is 0 Å². The van der Waals surface area contributed by atoms with E-state index >= 15 is 0 Å². The Hall–Kier alpha value is -1.40. The Labute approximate surface area is 76.4 Å². The van der Waals surface area contributed by atoms with Crippen molar-refractivity contribution in [3.63, 3.8) is 0 Å². The largest absolute Gasteiger partial charge is 0.395 e. The summed E-state index contributed by atoms with van der Waals surface area (Å²) >= 11 is 0. The molecule has 0 bridgehead atoms. The summed E-state index contributed by atoms with van der Waals surface area (Å²) in [7, 11) is 0. The van der Waals surface area contributed by atoms with Gasteiger partial charge in [0.1, 0.15) is 5.69 Å². The third-order valence-electron chi connectivity index (χ3n) is 1.42. The number of aliphatic hydroxyl groups is 1. The van der Waals surface area contributed by atoms with Gasteiger partial charge in [-0.05, 0) is 24.5 Å². The molecule has 1 N–H and O–H groups in total. The van der Waals surface area contributed by atoms with Crippen molar-refractivity contribution in [2.45, 2.75) is 13.3 Å². The molecule has 13 heavy (non-hydrogen) atoms. The van der Waals surface area contributed by atoms with E-state index in [9.17, 15) is 4.39 Å². The van der Waals surface area contributed by atoms with E-state index in [1.54, 1.807) is 13.1 Å². The van der Waals surface area contributed by atoms with Crippen LogP contribution in [0, 0.1) is 24.6 Å². The molecule has 0 aliphatic rings. The summed E-state index contributed by atoms with van der Waals surface area (Å²) in [5.41, 5.74) is 0.907. The van der Waals surface area contributed by atoms with Crippen molar-refractivity contribution in [1.29, 1.82) is 0 Å². The molecule has 0 aromatic carbocycles. The number of aromatic nitrogens is 1. The van der Waals surface area contributed by atoms with Crippen LogP contribution < -0.4 is 0 Å². The van der Waals surface area contributed by atoms with E-state index < -0.39 is 5.82 Å². The first-order chi connectivity index (χ1) is 6.24. The second kappa shape index (κ2) is 4.58. The van der Waals surface area contributed by atoms with Crippen LogP contribution in [-0.4, -0.2) is 16.7 Å². The van der Waals surface area contributed by atoms with Crippen LogP contribution in [0.25, 0.3) is 0 Å². The third kappa shape index (κ3) is 2.85. The number of nitrogens with zero attached hydrogens (tertiary/aromatic N) is 1. The van der Waals surface area contributed by atoms with E-state index in [2.05, 4.69) is 16.8 Å². The minimum absolute atomic E-state index is 0.0134. The van der Waals surface area contributed by atoms with E-state index in [1.165, 1.54) is 6.07 Å². The lowest BCUT2D eigenvalue weighted by Gasteiger charge is -1.94. The van der Waals surface area contributed by atoms with Gasteiger partial charge in [-0.1, -0.05) is 5.92 Å². The second-order valence-corrected chi connectivity index (χ2v) is 2.62. The van der Waals surface area contributed by atoms with E-state index in [0.29, 0.717) is 6.42 Å². The normalized spacial score (nSPS) is 9.15. The number of hydrogen-bond donors (Lipinski definition) is 1. The van der Waals surface area contributed by atoms with Gasteiger partial charge in [0.15, 0.2) is 5.82 Å². The lowest BCUT2D eigenvalue weighted by Crippen LogP contribution is -1.90. The molecule has 0 fully saturated rings. The average molecular weight is 179 g/mol. The first-order valence-corrected chi connectivity index (χ1v) is 3.96. The molecule has 1 heterocycles. The summed E-state index contributed by atoms with van der Waals surface area (Å²) in [6.45, 7) is 1.75. The van der Waals surface area contributed by atoms with Gasteiger partial charge in [0, 0.05) is 12.6 Å². The topological polar surface area (TPSA) is 33.1 Å². The highest BCUT2D eigenvalue weighted by Crippen LogP contribution is 2.04. The molecule has 0 atom stereocenters. The van der Waals surface area contributed by atoms with E-state index in [1.807, 2.05) is 0 Å². The minimum atomic E-state index is -0.412. The smallest absolute Gasteiger partial charge is 0.157 e. The highest BCUT2D eigenvalue weighted by Gasteiger charge is 1.98. The fourth-order valence-corrected chi connectivity index (χ4v) is 0.828. The number of rotatable bonds is 1. The molecular weight excluding hydrogens is 169 g/mol. The summed E-state index contributed by atoms with van der Waals surface area (Å²) in [6, 6.07) is 1.38. The first-order valence-electron chi connectivity index (χ1n) is 3.96. The summed E-state index contributed by atoms with van der Waals surface area (Å²) in [5.74, 6) is 4.74. The van der Waals surface area contributed by atoms with Crippen LogP contribution in [0.3, 0.4) is 0 Å². The molecule has 0 saturated carbocycles. The van der Waals surface area contributed by atoms with Crippen molar-refractivity contribution < 1.29 is 9.50 Å². The molecule has 1 aromatic heterocycles. The van der Waals surface area contributed by atoms with Gasteiger partial charge in [0.25, 0.3) is 0 Å². The van der Waals surface area contributed by atoms with E-state index in [4.69, 9.17) is 5.11 Å². The van der Waals surface area contributed by atoms with Crippen LogP contribution >= 0.6 is 0 Å². The average Bonchev–Trinajstić information content (AvgIpc) is 2.09. The Morgan fingerprint density at radius 3 is 3.00 bits per heavy atom. The number of aliphatic hydroxyl groups excluding tert-OH is 1. The Bertz CT molecular complexity index is 352. The van der Waals surface area contributed by atoms with Crippen LogP contribution in [-0.2, 0) is 0 Å². The maximum absolute atomic E-state index is 13.1. The highest BCUT2D eigenvalue weighted by molar-refractivity contribution is 5.30. The molecule has 0 radical (unpaired) electrons. The number of hydrogen-bond acceptors (Lipinski definition) is 2. The Kier molecular flexibility index (Phi) is 3.41. The zero-order valence-electron chi connectivity index (χ0n) is 7.34. The first kappa shape index (κ1) is 9.69. The lowest BCUT2D eigenvalue weighted by atomic mass is 10.2. The molecule has 68 valence electrons. The highest BCUT2D eigenvalue weighted by atomic mass is 19.1. The molecule has 0 amide bonds. The standard InChI is InChI=1S/C10H10FNO/c1-8-6-9(11)10(12-7-8)4-2-3-5-13/h6-7,13H,3,5H2,1H3. The van der Waals surface area contributed by atoms with E-state index in [-0.39, 0.29) is 12.3 Å². The van der Waals surface area contributed by atoms with Crippen molar-refractivity contribution in [1.82, 2.24) is 4.98 Å². The molecule has 0 spiro atoms. The zero-order chi connectivity index (χ0) is 9.68. The summed E-state index contributed by atoms with van der Waals surface area (Å²) < 4.78 is 13.1. The van der Waals surface area contributed by atoms with Gasteiger partial charge < -0.3 is 5.11 Å². The number of halogens is 1. The maximum Gasteiger partial charge on any atom is 0.157 e. The Morgan fingerprint density at radius 2 is 2.38 bits per heavy atom. The van der Waals surface area contributed by atoms with Crippen molar-refractivity contribution in [2.24, 2.45) is 0 Å². The minimum Gasteiger partial charge on any atom is -0.395 e. The van der Waals surface area contributed by atoms with Crippen LogP contribution in [0.5, 0.6) is 0 Å². The van der Waals surface area contributed by atoms with Crippen LogP contribution in [0.15, 0.2) is 12.3 Å². The fraction of sp³-hybridized carbons (Fsp3) is 0.300. The van der Waals surface area contributed by atoms with Crippen LogP contribution in [0.4, 0.5) is 4.39 Å². The zero-order valence-corrected chi connectivity index (χ0v) is 7.34. The fourth-order valence-electron chi connectivity index (χ4n) is 0.828. The second-order valence-electron chi connectivity index (χ2n) is 2.62. The monoisotopic (exact) mass is 179 g/mol. The molecule has 0 aliphatic carbocycles. The molecular formula is C10H10FNO. The Morgan fingerprint density at radius 1 is 1.62 bits per heavy atom. The molecule has 0 aliphatic heterocycles. The van der Waals surface area contributed by atoms with E-state index in [0.717, 1.165) is 5.56 Å². The summed E-state index contributed by atoms with van der Waals surface area (Å²) in [6.07, 6.45) is 1.90. The summed E-state index contributed by atoms with van der Waals surface area (Å²) in [4.78, 5) is 3.82. The summed E-state index contributed by atoms with van der Waals surface area (Å²) in [5, 5.41) is 8.44. The van der Waals surface area contributed by atoms with Crippen molar-refractivity contribution >= 4 is 0 Å². The molecule has 3 heteroatoms. The molecule has 1 aromatic rings. The van der Waals surface area contributed by atoms with Gasteiger partial charge in [-0.25, -0.2) is 9.37 Å². The molecule has 1 rings (SSSR count). The van der Waals surface area contributed by atoms with Crippen molar-refractivity contribution in [3.8, 4) is 11.8 Å². The SMILES string of the molecule is Cc1cnc(C#CCCO)c(F)c1. The van der Waals surface area contributed by atoms with Gasteiger partial charge in [-0.2, -0.15) is 0 Å². The van der Waals surface area contributed by atoms with Crippen molar-refractivity contribution in [2.75, 3.05) is 6.61 Å². The maximum atomic E-state index is 13.1. The predicted octanol–water partition coefficient (Wildman–Crippen LogP) is 1.26.